The van der Waals surface area contributed by atoms with E-state index in [2.05, 4.69) is 130 Å². The lowest BCUT2D eigenvalue weighted by molar-refractivity contribution is 0.573. The largest absolute Gasteiger partial charge is 0.207 e. The van der Waals surface area contributed by atoms with Gasteiger partial charge in [0.25, 0.3) is 0 Å². The first-order valence-electron chi connectivity index (χ1n) is 12.6. The van der Waals surface area contributed by atoms with Crippen molar-refractivity contribution < 1.29 is 4.39 Å². The lowest BCUT2D eigenvalue weighted by Crippen LogP contribution is -2.28. The van der Waals surface area contributed by atoms with E-state index in [1.54, 1.807) is 12.1 Å². The molecule has 0 atom stereocenters. The van der Waals surface area contributed by atoms with Crippen LogP contribution in [0.4, 0.5) is 4.39 Å². The summed E-state index contributed by atoms with van der Waals surface area (Å²) in [6.07, 6.45) is 0. The molecule has 5 aromatic carbocycles. The van der Waals surface area contributed by atoms with Gasteiger partial charge in [0.1, 0.15) is 5.82 Å². The molecule has 0 unspecified atom stereocenters. The van der Waals surface area contributed by atoms with Crippen molar-refractivity contribution in [2.45, 2.75) is 31.6 Å². The minimum atomic E-state index is -0.454. The summed E-state index contributed by atoms with van der Waals surface area (Å²) in [5.41, 5.74) is 9.74. The van der Waals surface area contributed by atoms with E-state index in [1.165, 1.54) is 33.4 Å². The van der Waals surface area contributed by atoms with E-state index in [4.69, 9.17) is 0 Å². The van der Waals surface area contributed by atoms with Crippen molar-refractivity contribution in [1.82, 2.24) is 0 Å². The molecule has 0 amide bonds. The van der Waals surface area contributed by atoms with Gasteiger partial charge in [-0.3, -0.25) is 0 Å². The third-order valence-corrected chi connectivity index (χ3v) is 7.56. The van der Waals surface area contributed by atoms with Gasteiger partial charge < -0.3 is 0 Å². The summed E-state index contributed by atoms with van der Waals surface area (Å²) in [5, 5.41) is 0. The topological polar surface area (TPSA) is 0 Å². The Bertz CT molecular complexity index is 1520. The third kappa shape index (κ3) is 3.34. The van der Waals surface area contributed by atoms with Crippen molar-refractivity contribution in [2.75, 3.05) is 0 Å². The Kier molecular flexibility index (Phi) is 5.19. The fourth-order valence-corrected chi connectivity index (χ4v) is 5.91. The van der Waals surface area contributed by atoms with E-state index in [-0.39, 0.29) is 11.2 Å². The van der Waals surface area contributed by atoms with Crippen LogP contribution in [0, 0.1) is 5.82 Å². The van der Waals surface area contributed by atoms with Crippen LogP contribution in [0.5, 0.6) is 0 Å². The molecule has 0 aromatic heterocycles. The minimum Gasteiger partial charge on any atom is -0.207 e. The Labute approximate surface area is 213 Å². The van der Waals surface area contributed by atoms with Crippen LogP contribution in [0.3, 0.4) is 0 Å². The Balaban J connectivity index is 1.74. The van der Waals surface area contributed by atoms with Gasteiger partial charge in [-0.25, -0.2) is 4.39 Å². The predicted octanol–water partition coefficient (Wildman–Crippen LogP) is 9.15. The Morgan fingerprint density at radius 2 is 1.11 bits per heavy atom. The van der Waals surface area contributed by atoms with Gasteiger partial charge >= 0.3 is 0 Å². The summed E-state index contributed by atoms with van der Waals surface area (Å²) in [5.74, 6) is -0.196. The predicted molar refractivity (Wildman–Crippen MR) is 148 cm³/mol. The van der Waals surface area contributed by atoms with Gasteiger partial charge in [-0.1, -0.05) is 130 Å². The molecular weight excluding hydrogens is 439 g/mol. The Morgan fingerprint density at radius 3 is 1.75 bits per heavy atom. The van der Waals surface area contributed by atoms with Crippen LogP contribution in [0.25, 0.3) is 22.3 Å². The van der Waals surface area contributed by atoms with Crippen LogP contribution < -0.4 is 0 Å². The highest BCUT2D eigenvalue weighted by Crippen LogP contribution is 2.58. The number of hydrogen-bond acceptors (Lipinski definition) is 0. The molecule has 1 aliphatic rings. The average Bonchev–Trinajstić information content (AvgIpc) is 3.20. The smallest absolute Gasteiger partial charge is 0.124 e. The highest BCUT2D eigenvalue weighted by Gasteiger charge is 2.46. The van der Waals surface area contributed by atoms with Gasteiger partial charge in [-0.2, -0.15) is 0 Å². The van der Waals surface area contributed by atoms with E-state index in [0.29, 0.717) is 0 Å². The first-order chi connectivity index (χ1) is 17.4. The zero-order valence-electron chi connectivity index (χ0n) is 20.9. The minimum absolute atomic E-state index is 0.148. The molecule has 1 heteroatoms. The zero-order chi connectivity index (χ0) is 24.9. The number of benzene rings is 5. The van der Waals surface area contributed by atoms with Crippen molar-refractivity contribution in [1.29, 1.82) is 0 Å². The van der Waals surface area contributed by atoms with Gasteiger partial charge in [-0.05, 0) is 67.6 Å². The molecule has 0 saturated carbocycles. The maximum atomic E-state index is 15.0. The van der Waals surface area contributed by atoms with Crippen molar-refractivity contribution in [2.24, 2.45) is 0 Å². The van der Waals surface area contributed by atoms with Crippen molar-refractivity contribution in [3.63, 3.8) is 0 Å². The number of rotatable bonds is 3. The second-order valence-corrected chi connectivity index (χ2v) is 10.7. The second-order valence-electron chi connectivity index (χ2n) is 10.7. The fraction of sp³-hybridized carbons (Fsp3) is 0.143. The van der Waals surface area contributed by atoms with Crippen molar-refractivity contribution >= 4 is 0 Å². The molecule has 0 N–H and O–H groups in total. The van der Waals surface area contributed by atoms with Gasteiger partial charge in [0, 0.05) is 0 Å². The summed E-state index contributed by atoms with van der Waals surface area (Å²) < 4.78 is 15.0. The average molecular weight is 469 g/mol. The lowest BCUT2D eigenvalue weighted by atomic mass is 9.67. The molecule has 0 spiro atoms. The molecule has 176 valence electrons. The van der Waals surface area contributed by atoms with E-state index in [9.17, 15) is 4.39 Å². The molecule has 0 fully saturated rings. The van der Waals surface area contributed by atoms with Crippen LogP contribution in [-0.2, 0) is 10.8 Å². The second kappa shape index (κ2) is 8.31. The molecular formula is C35H29F. The molecule has 0 nitrogen and oxygen atoms in total. The standard InChI is InChI=1S/C35H29F/c1-34(2,3)27-21-24(22-28(36)23-27)29-18-12-20-32-33(29)30-17-10-11-19-31(30)35(32,25-13-6-4-7-14-25)26-15-8-5-9-16-26/h4-23H,1-3H3. The molecule has 0 radical (unpaired) electrons. The van der Waals surface area contributed by atoms with E-state index in [0.717, 1.165) is 16.7 Å². The van der Waals surface area contributed by atoms with Gasteiger partial charge in [0.15, 0.2) is 0 Å². The molecule has 6 rings (SSSR count). The highest BCUT2D eigenvalue weighted by molar-refractivity contribution is 5.95. The maximum Gasteiger partial charge on any atom is 0.124 e. The zero-order valence-corrected chi connectivity index (χ0v) is 20.9. The summed E-state index contributed by atoms with van der Waals surface area (Å²) in [6, 6.07) is 42.3. The lowest BCUT2D eigenvalue weighted by Gasteiger charge is -2.34. The first kappa shape index (κ1) is 22.5. The van der Waals surface area contributed by atoms with Gasteiger partial charge in [-0.15, -0.1) is 0 Å². The van der Waals surface area contributed by atoms with Crippen LogP contribution in [-0.4, -0.2) is 0 Å². The summed E-state index contributed by atoms with van der Waals surface area (Å²) >= 11 is 0. The summed E-state index contributed by atoms with van der Waals surface area (Å²) in [6.45, 7) is 6.39. The third-order valence-electron chi connectivity index (χ3n) is 7.56. The fourth-order valence-electron chi connectivity index (χ4n) is 5.91. The molecule has 36 heavy (non-hydrogen) atoms. The monoisotopic (exact) mass is 468 g/mol. The van der Waals surface area contributed by atoms with E-state index in [1.807, 2.05) is 0 Å². The maximum absolute atomic E-state index is 15.0. The molecule has 0 heterocycles. The SMILES string of the molecule is CC(C)(C)c1cc(F)cc(-c2cccc3c2-c2ccccc2C3(c2ccccc2)c2ccccc2)c1. The quantitative estimate of drug-likeness (QED) is 0.243. The van der Waals surface area contributed by atoms with E-state index < -0.39 is 5.41 Å². The van der Waals surface area contributed by atoms with Crippen molar-refractivity contribution in [3.05, 3.63) is 155 Å². The molecule has 1 aliphatic carbocycles. The Morgan fingerprint density at radius 1 is 0.556 bits per heavy atom. The Hall–Kier alpha value is -3.97. The molecule has 5 aromatic rings. The number of fused-ring (bicyclic) bond motifs is 3. The number of hydrogen-bond donors (Lipinski definition) is 0. The van der Waals surface area contributed by atoms with Crippen LogP contribution in [0.2, 0.25) is 0 Å². The summed E-state index contributed by atoms with van der Waals surface area (Å²) in [4.78, 5) is 0. The highest BCUT2D eigenvalue weighted by atomic mass is 19.1. The normalized spacial score (nSPS) is 13.8. The molecule has 0 bridgehead atoms. The molecule has 0 saturated heterocycles. The van der Waals surface area contributed by atoms with Crippen LogP contribution >= 0.6 is 0 Å². The first-order valence-corrected chi connectivity index (χ1v) is 12.6. The van der Waals surface area contributed by atoms with Crippen LogP contribution in [0.1, 0.15) is 48.6 Å². The van der Waals surface area contributed by atoms with Crippen molar-refractivity contribution in [3.8, 4) is 22.3 Å². The summed E-state index contributed by atoms with van der Waals surface area (Å²) in [7, 11) is 0. The van der Waals surface area contributed by atoms with Gasteiger partial charge in [0.05, 0.1) is 5.41 Å². The van der Waals surface area contributed by atoms with E-state index >= 15 is 0 Å². The number of halogens is 1. The van der Waals surface area contributed by atoms with Gasteiger partial charge in [0.2, 0.25) is 0 Å². The van der Waals surface area contributed by atoms with Crippen LogP contribution in [0.15, 0.2) is 121 Å². The molecule has 0 aliphatic heterocycles.